The van der Waals surface area contributed by atoms with Crippen LogP contribution in [0, 0.1) is 0 Å². The van der Waals surface area contributed by atoms with Gasteiger partial charge in [0.25, 0.3) is 0 Å². The molecule has 1 fully saturated rings. The summed E-state index contributed by atoms with van der Waals surface area (Å²) in [6.45, 7) is 2.08. The summed E-state index contributed by atoms with van der Waals surface area (Å²) >= 11 is 0. The van der Waals surface area contributed by atoms with Crippen molar-refractivity contribution in [1.82, 2.24) is 10.3 Å². The van der Waals surface area contributed by atoms with Crippen molar-refractivity contribution in [2.45, 2.75) is 25.2 Å². The van der Waals surface area contributed by atoms with Gasteiger partial charge in [0.2, 0.25) is 0 Å². The van der Waals surface area contributed by atoms with Crippen LogP contribution in [0.3, 0.4) is 0 Å². The first kappa shape index (κ1) is 13.2. The number of ether oxygens (including phenoxy) is 1. The predicted octanol–water partition coefficient (Wildman–Crippen LogP) is 2.74. The summed E-state index contributed by atoms with van der Waals surface area (Å²) in [6.07, 6.45) is 4.99. The van der Waals surface area contributed by atoms with Gasteiger partial charge in [0, 0.05) is 18.9 Å². The molecule has 4 heteroatoms. The lowest BCUT2D eigenvalue weighted by Crippen LogP contribution is -2.28. The van der Waals surface area contributed by atoms with Gasteiger partial charge in [-0.25, -0.2) is 4.98 Å². The monoisotopic (exact) mass is 272 g/mol. The molecule has 20 heavy (non-hydrogen) atoms. The largest absolute Gasteiger partial charge is 0.497 e. The molecule has 1 aromatic carbocycles. The Morgan fingerprint density at radius 3 is 2.90 bits per heavy atom. The van der Waals surface area contributed by atoms with E-state index in [1.807, 2.05) is 18.3 Å². The van der Waals surface area contributed by atoms with Gasteiger partial charge < -0.3 is 14.5 Å². The van der Waals surface area contributed by atoms with Crippen LogP contribution >= 0.6 is 0 Å². The molecule has 0 bridgehead atoms. The minimum Gasteiger partial charge on any atom is -0.497 e. The Hall–Kier alpha value is -1.81. The van der Waals surface area contributed by atoms with E-state index in [1.54, 1.807) is 7.11 Å². The van der Waals surface area contributed by atoms with Gasteiger partial charge in [-0.3, -0.25) is 0 Å². The number of hydrogen-bond donors (Lipinski definition) is 1. The number of piperidine rings is 1. The van der Waals surface area contributed by atoms with Crippen molar-refractivity contribution in [1.29, 1.82) is 0 Å². The zero-order chi connectivity index (χ0) is 13.8. The van der Waals surface area contributed by atoms with Crippen molar-refractivity contribution in [3.05, 3.63) is 47.7 Å². The Kier molecular flexibility index (Phi) is 4.02. The zero-order valence-corrected chi connectivity index (χ0v) is 11.8. The highest BCUT2D eigenvalue weighted by Gasteiger charge is 2.20. The van der Waals surface area contributed by atoms with Crippen LogP contribution < -0.4 is 10.1 Å². The highest BCUT2D eigenvalue weighted by atomic mass is 16.5. The Morgan fingerprint density at radius 1 is 1.35 bits per heavy atom. The molecule has 4 nitrogen and oxygen atoms in total. The molecule has 1 aliphatic heterocycles. The fourth-order valence-electron chi connectivity index (χ4n) is 2.60. The van der Waals surface area contributed by atoms with Crippen LogP contribution in [0.15, 0.2) is 34.9 Å². The summed E-state index contributed by atoms with van der Waals surface area (Å²) in [7, 11) is 1.68. The molecule has 2 aromatic rings. The third kappa shape index (κ3) is 3.02. The average Bonchev–Trinajstić information content (AvgIpc) is 2.97. The van der Waals surface area contributed by atoms with Crippen LogP contribution in [0.2, 0.25) is 0 Å². The minimum absolute atomic E-state index is 0.424. The molecule has 0 unspecified atom stereocenters. The number of nitrogens with one attached hydrogen (secondary N) is 1. The molecule has 0 saturated carbocycles. The molecule has 1 N–H and O–H groups in total. The maximum absolute atomic E-state index is 5.90. The molecule has 0 radical (unpaired) electrons. The number of hydrogen-bond acceptors (Lipinski definition) is 4. The number of aromatic nitrogens is 1. The second-order valence-corrected chi connectivity index (χ2v) is 5.23. The zero-order valence-electron chi connectivity index (χ0n) is 11.8. The van der Waals surface area contributed by atoms with Gasteiger partial charge in [-0.2, -0.15) is 0 Å². The summed E-state index contributed by atoms with van der Waals surface area (Å²) in [6, 6.07) is 8.06. The highest BCUT2D eigenvalue weighted by Crippen LogP contribution is 2.24. The molecule has 1 aliphatic rings. The van der Waals surface area contributed by atoms with E-state index < -0.39 is 0 Å². The van der Waals surface area contributed by atoms with E-state index in [-0.39, 0.29) is 0 Å². The van der Waals surface area contributed by atoms with Crippen molar-refractivity contribution in [3.63, 3.8) is 0 Å². The van der Waals surface area contributed by atoms with E-state index in [2.05, 4.69) is 22.4 Å². The van der Waals surface area contributed by atoms with Crippen LogP contribution in [0.4, 0.5) is 0 Å². The highest BCUT2D eigenvalue weighted by molar-refractivity contribution is 5.29. The smallest absolute Gasteiger partial charge is 0.198 e. The third-order valence-electron chi connectivity index (χ3n) is 3.75. The number of nitrogens with zero attached hydrogens (tertiary/aromatic N) is 1. The molecule has 3 rings (SSSR count). The lowest BCUT2D eigenvalue weighted by atomic mass is 10.00. The first-order valence-corrected chi connectivity index (χ1v) is 7.13. The summed E-state index contributed by atoms with van der Waals surface area (Å²) < 4.78 is 11.1. The molecular weight excluding hydrogens is 252 g/mol. The predicted molar refractivity (Wildman–Crippen MR) is 77.1 cm³/mol. The third-order valence-corrected chi connectivity index (χ3v) is 3.75. The molecule has 0 spiro atoms. The summed E-state index contributed by atoms with van der Waals surface area (Å²) in [5, 5.41) is 3.39. The Labute approximate surface area is 119 Å². The molecule has 0 aliphatic carbocycles. The van der Waals surface area contributed by atoms with Gasteiger partial charge in [0.15, 0.2) is 5.89 Å². The van der Waals surface area contributed by atoms with Gasteiger partial charge in [-0.05, 0) is 37.1 Å². The average molecular weight is 272 g/mol. The van der Waals surface area contributed by atoms with E-state index in [0.717, 1.165) is 43.3 Å². The van der Waals surface area contributed by atoms with Crippen molar-refractivity contribution in [2.75, 3.05) is 20.2 Å². The first-order valence-electron chi connectivity index (χ1n) is 7.13. The lowest BCUT2D eigenvalue weighted by molar-refractivity contribution is 0.365. The molecular formula is C16H20N2O2. The topological polar surface area (TPSA) is 47.3 Å². The van der Waals surface area contributed by atoms with Crippen molar-refractivity contribution in [2.24, 2.45) is 0 Å². The van der Waals surface area contributed by atoms with Crippen molar-refractivity contribution in [3.8, 4) is 5.75 Å². The van der Waals surface area contributed by atoms with Crippen LogP contribution in [-0.2, 0) is 6.42 Å². The quantitative estimate of drug-likeness (QED) is 0.929. The maximum atomic E-state index is 5.90. The second kappa shape index (κ2) is 6.09. The van der Waals surface area contributed by atoms with Gasteiger partial charge in [0.1, 0.15) is 11.5 Å². The Bertz CT molecular complexity index is 542. The minimum atomic E-state index is 0.424. The Morgan fingerprint density at radius 2 is 2.20 bits per heavy atom. The van der Waals surface area contributed by atoms with Crippen LogP contribution in [-0.4, -0.2) is 25.2 Å². The van der Waals surface area contributed by atoms with E-state index in [4.69, 9.17) is 9.15 Å². The maximum Gasteiger partial charge on any atom is 0.198 e. The van der Waals surface area contributed by atoms with E-state index in [1.165, 1.54) is 12.0 Å². The summed E-state index contributed by atoms with van der Waals surface area (Å²) in [4.78, 5) is 4.44. The number of rotatable bonds is 4. The normalized spacial score (nSPS) is 18.9. The number of oxazole rings is 1. The van der Waals surface area contributed by atoms with Crippen molar-refractivity contribution < 1.29 is 9.15 Å². The summed E-state index contributed by atoms with van der Waals surface area (Å²) in [5.74, 6) is 3.10. The standard InChI is InChI=1S/C16H20N2O2/c1-19-14-6-4-12(5-7-14)9-15-11-18-16(20-15)13-3-2-8-17-10-13/h4-7,11,13,17H,2-3,8-10H2,1H3/t13-/m0/s1. The number of methoxy groups -OCH3 is 1. The van der Waals surface area contributed by atoms with Crippen LogP contribution in [0.5, 0.6) is 5.75 Å². The molecule has 1 saturated heterocycles. The van der Waals surface area contributed by atoms with Gasteiger partial charge in [-0.1, -0.05) is 12.1 Å². The number of benzene rings is 1. The molecule has 1 aromatic heterocycles. The fraction of sp³-hybridized carbons (Fsp3) is 0.438. The Balaban J connectivity index is 1.66. The fourth-order valence-corrected chi connectivity index (χ4v) is 2.60. The second-order valence-electron chi connectivity index (χ2n) is 5.23. The van der Waals surface area contributed by atoms with Gasteiger partial charge in [0.05, 0.1) is 13.3 Å². The van der Waals surface area contributed by atoms with Crippen molar-refractivity contribution >= 4 is 0 Å². The molecule has 106 valence electrons. The van der Waals surface area contributed by atoms with E-state index in [0.29, 0.717) is 5.92 Å². The lowest BCUT2D eigenvalue weighted by Gasteiger charge is -2.19. The van der Waals surface area contributed by atoms with E-state index >= 15 is 0 Å². The van der Waals surface area contributed by atoms with Gasteiger partial charge >= 0.3 is 0 Å². The molecule has 2 heterocycles. The van der Waals surface area contributed by atoms with Crippen LogP contribution in [0.25, 0.3) is 0 Å². The molecule has 0 amide bonds. The van der Waals surface area contributed by atoms with Crippen LogP contribution in [0.1, 0.15) is 36.0 Å². The summed E-state index contributed by atoms with van der Waals surface area (Å²) in [5.41, 5.74) is 1.20. The van der Waals surface area contributed by atoms with Gasteiger partial charge in [-0.15, -0.1) is 0 Å². The molecule has 1 atom stereocenters. The SMILES string of the molecule is COc1ccc(Cc2cnc([C@H]3CCCNC3)o2)cc1. The van der Waals surface area contributed by atoms with E-state index in [9.17, 15) is 0 Å². The first-order chi connectivity index (χ1) is 9.85.